The molecule has 0 aromatic carbocycles. The molecule has 0 atom stereocenters. The van der Waals surface area contributed by atoms with Gasteiger partial charge in [-0.1, -0.05) is 0 Å². The molecule has 0 aromatic heterocycles. The van der Waals surface area contributed by atoms with Crippen LogP contribution < -0.4 is 5.32 Å². The van der Waals surface area contributed by atoms with Crippen LogP contribution in [0.3, 0.4) is 0 Å². The lowest BCUT2D eigenvalue weighted by Gasteiger charge is -2.48. The highest BCUT2D eigenvalue weighted by Crippen LogP contribution is 2.38. The van der Waals surface area contributed by atoms with Crippen molar-refractivity contribution in [2.24, 2.45) is 0 Å². The zero-order chi connectivity index (χ0) is 13.3. The number of likely N-dealkylation sites (N-methyl/N-ethyl adjacent to an activating group) is 1. The number of ether oxygens (including phenoxy) is 2. The number of hydrogen-bond donors (Lipinski definition) is 1. The van der Waals surface area contributed by atoms with Gasteiger partial charge in [0.2, 0.25) is 0 Å². The summed E-state index contributed by atoms with van der Waals surface area (Å²) < 4.78 is 11.6. The molecule has 0 amide bonds. The Hall–Kier alpha value is -0.160. The van der Waals surface area contributed by atoms with Crippen LogP contribution in [-0.2, 0) is 9.47 Å². The van der Waals surface area contributed by atoms with Crippen LogP contribution in [0.25, 0.3) is 0 Å². The summed E-state index contributed by atoms with van der Waals surface area (Å²) in [7, 11) is 4.44. The Balaban J connectivity index is 1.45. The maximum absolute atomic E-state index is 5.79. The van der Waals surface area contributed by atoms with E-state index in [-0.39, 0.29) is 5.79 Å². The maximum atomic E-state index is 5.79. The standard InChI is InChI=1S/C15H28N2O2/c1-17(2)14(6-3-7-14)12-16-13-4-8-15(9-5-13)18-10-11-19-15/h13,16H,3-12H2,1-2H3. The van der Waals surface area contributed by atoms with E-state index in [1.165, 1.54) is 32.1 Å². The van der Waals surface area contributed by atoms with Gasteiger partial charge < -0.3 is 19.7 Å². The van der Waals surface area contributed by atoms with Gasteiger partial charge in [0.15, 0.2) is 5.79 Å². The third kappa shape index (κ3) is 2.68. The molecule has 1 spiro atoms. The average molecular weight is 268 g/mol. The van der Waals surface area contributed by atoms with Gasteiger partial charge in [-0.2, -0.15) is 0 Å². The molecule has 1 saturated heterocycles. The highest BCUT2D eigenvalue weighted by molar-refractivity contribution is 4.98. The minimum absolute atomic E-state index is 0.214. The lowest BCUT2D eigenvalue weighted by atomic mass is 9.75. The quantitative estimate of drug-likeness (QED) is 0.842. The fraction of sp³-hybridized carbons (Fsp3) is 1.00. The molecule has 2 aliphatic carbocycles. The van der Waals surface area contributed by atoms with Gasteiger partial charge in [0.25, 0.3) is 0 Å². The Morgan fingerprint density at radius 3 is 2.16 bits per heavy atom. The minimum atomic E-state index is -0.214. The second-order valence-corrected chi connectivity index (χ2v) is 6.74. The van der Waals surface area contributed by atoms with E-state index in [1.54, 1.807) is 0 Å². The van der Waals surface area contributed by atoms with Crippen molar-refractivity contribution < 1.29 is 9.47 Å². The van der Waals surface area contributed by atoms with Crippen molar-refractivity contribution in [3.05, 3.63) is 0 Å². The second-order valence-electron chi connectivity index (χ2n) is 6.74. The molecule has 0 unspecified atom stereocenters. The van der Waals surface area contributed by atoms with E-state index in [0.717, 1.165) is 32.6 Å². The predicted molar refractivity (Wildman–Crippen MR) is 75.2 cm³/mol. The molecule has 0 bridgehead atoms. The molecule has 3 rings (SSSR count). The largest absolute Gasteiger partial charge is 0.348 e. The average Bonchev–Trinajstić information content (AvgIpc) is 2.78. The van der Waals surface area contributed by atoms with Crippen LogP contribution in [0.5, 0.6) is 0 Å². The van der Waals surface area contributed by atoms with Crippen LogP contribution >= 0.6 is 0 Å². The first-order valence-electron chi connectivity index (χ1n) is 7.83. The van der Waals surface area contributed by atoms with Crippen LogP contribution in [-0.4, -0.2) is 56.1 Å². The molecular weight excluding hydrogens is 240 g/mol. The highest BCUT2D eigenvalue weighted by atomic mass is 16.7. The zero-order valence-electron chi connectivity index (χ0n) is 12.4. The molecule has 2 saturated carbocycles. The van der Waals surface area contributed by atoms with Crippen molar-refractivity contribution in [3.63, 3.8) is 0 Å². The van der Waals surface area contributed by atoms with E-state index in [0.29, 0.717) is 11.6 Å². The fourth-order valence-electron chi connectivity index (χ4n) is 3.75. The Kier molecular flexibility index (Phi) is 3.87. The SMILES string of the molecule is CN(C)C1(CNC2CCC3(CC2)OCCO3)CCC1. The molecule has 1 aliphatic heterocycles. The summed E-state index contributed by atoms with van der Waals surface area (Å²) in [4.78, 5) is 2.41. The van der Waals surface area contributed by atoms with Gasteiger partial charge in [-0.15, -0.1) is 0 Å². The van der Waals surface area contributed by atoms with Gasteiger partial charge in [0, 0.05) is 31.0 Å². The third-order valence-corrected chi connectivity index (χ3v) is 5.51. The number of nitrogens with zero attached hydrogens (tertiary/aromatic N) is 1. The van der Waals surface area contributed by atoms with Crippen LogP contribution in [0.2, 0.25) is 0 Å². The predicted octanol–water partition coefficient (Wildman–Crippen LogP) is 1.75. The summed E-state index contributed by atoms with van der Waals surface area (Å²) in [5.41, 5.74) is 0.426. The van der Waals surface area contributed by atoms with Crippen LogP contribution in [0, 0.1) is 0 Å². The van der Waals surface area contributed by atoms with E-state index < -0.39 is 0 Å². The van der Waals surface area contributed by atoms with Crippen molar-refractivity contribution in [3.8, 4) is 0 Å². The van der Waals surface area contributed by atoms with Crippen LogP contribution in [0.4, 0.5) is 0 Å². The van der Waals surface area contributed by atoms with Gasteiger partial charge in [-0.05, 0) is 46.2 Å². The summed E-state index contributed by atoms with van der Waals surface area (Å²) in [6, 6.07) is 0.649. The van der Waals surface area contributed by atoms with Gasteiger partial charge >= 0.3 is 0 Å². The monoisotopic (exact) mass is 268 g/mol. The molecular formula is C15H28N2O2. The van der Waals surface area contributed by atoms with Gasteiger partial charge in [-0.3, -0.25) is 0 Å². The summed E-state index contributed by atoms with van der Waals surface area (Å²) in [6.45, 7) is 2.70. The first-order valence-corrected chi connectivity index (χ1v) is 7.83. The Labute approximate surface area is 116 Å². The Morgan fingerprint density at radius 2 is 1.68 bits per heavy atom. The lowest BCUT2D eigenvalue weighted by molar-refractivity contribution is -0.179. The first kappa shape index (κ1) is 13.8. The molecule has 0 aromatic rings. The highest BCUT2D eigenvalue weighted by Gasteiger charge is 2.42. The minimum Gasteiger partial charge on any atom is -0.348 e. The van der Waals surface area contributed by atoms with E-state index >= 15 is 0 Å². The zero-order valence-corrected chi connectivity index (χ0v) is 12.4. The molecule has 4 heteroatoms. The fourth-order valence-corrected chi connectivity index (χ4v) is 3.75. The number of nitrogens with one attached hydrogen (secondary N) is 1. The van der Waals surface area contributed by atoms with Gasteiger partial charge in [0.1, 0.15) is 0 Å². The third-order valence-electron chi connectivity index (χ3n) is 5.51. The van der Waals surface area contributed by atoms with E-state index in [9.17, 15) is 0 Å². The smallest absolute Gasteiger partial charge is 0.168 e. The molecule has 4 nitrogen and oxygen atoms in total. The molecule has 19 heavy (non-hydrogen) atoms. The van der Waals surface area contributed by atoms with Gasteiger partial charge in [0.05, 0.1) is 13.2 Å². The second kappa shape index (κ2) is 5.32. The summed E-state index contributed by atoms with van der Waals surface area (Å²) in [6.07, 6.45) is 8.55. The Morgan fingerprint density at radius 1 is 1.05 bits per heavy atom. The number of rotatable bonds is 4. The van der Waals surface area contributed by atoms with Crippen LogP contribution in [0.1, 0.15) is 44.9 Å². The molecule has 1 heterocycles. The van der Waals surface area contributed by atoms with E-state index in [2.05, 4.69) is 24.3 Å². The molecule has 0 radical (unpaired) electrons. The normalized spacial score (nSPS) is 29.8. The van der Waals surface area contributed by atoms with Crippen molar-refractivity contribution in [2.45, 2.75) is 62.3 Å². The topological polar surface area (TPSA) is 33.7 Å². The number of hydrogen-bond acceptors (Lipinski definition) is 4. The van der Waals surface area contributed by atoms with Crippen molar-refractivity contribution in [1.29, 1.82) is 0 Å². The molecule has 3 aliphatic rings. The lowest BCUT2D eigenvalue weighted by Crippen LogP contribution is -2.58. The van der Waals surface area contributed by atoms with Gasteiger partial charge in [-0.25, -0.2) is 0 Å². The summed E-state index contributed by atoms with van der Waals surface area (Å²) in [5.74, 6) is -0.214. The molecule has 110 valence electrons. The van der Waals surface area contributed by atoms with Crippen molar-refractivity contribution >= 4 is 0 Å². The maximum Gasteiger partial charge on any atom is 0.168 e. The van der Waals surface area contributed by atoms with Crippen molar-refractivity contribution in [1.82, 2.24) is 10.2 Å². The Bertz CT molecular complexity index is 299. The van der Waals surface area contributed by atoms with E-state index in [1.807, 2.05) is 0 Å². The molecule has 1 N–H and O–H groups in total. The molecule has 3 fully saturated rings. The van der Waals surface area contributed by atoms with E-state index in [4.69, 9.17) is 9.47 Å². The van der Waals surface area contributed by atoms with Crippen LogP contribution in [0.15, 0.2) is 0 Å². The summed E-state index contributed by atoms with van der Waals surface area (Å²) in [5, 5.41) is 3.80. The summed E-state index contributed by atoms with van der Waals surface area (Å²) >= 11 is 0. The first-order chi connectivity index (χ1) is 9.14. The van der Waals surface area contributed by atoms with Crippen molar-refractivity contribution in [2.75, 3.05) is 33.9 Å².